The summed E-state index contributed by atoms with van der Waals surface area (Å²) in [6.07, 6.45) is 4.20. The largest absolute Gasteiger partial charge is 0.308 e. The van der Waals surface area contributed by atoms with Crippen LogP contribution in [0.4, 0.5) is 0 Å². The minimum Gasteiger partial charge on any atom is -0.308 e. The van der Waals surface area contributed by atoms with Crippen LogP contribution >= 0.6 is 0 Å². The van der Waals surface area contributed by atoms with E-state index in [9.17, 15) is 0 Å². The van der Waals surface area contributed by atoms with Gasteiger partial charge in [0.2, 0.25) is 0 Å². The standard InChI is InChI=1S/C42H30N4/c1-2-15-30-22-14-25-38(39(30)42-44-40(31-18-8-4-9-19-31)43-41(45-42)32-20-10-5-11-21-32)46-36-24-13-12-23-34(36)35-28-33(26-27-37(35)46)29-16-6-3-7-17-29/h2-28H,1H3/b15-2+. The molecule has 8 aromatic rings. The Balaban J connectivity index is 1.43. The quantitative estimate of drug-likeness (QED) is 0.193. The van der Waals surface area contributed by atoms with Crippen LogP contribution in [0.2, 0.25) is 0 Å². The lowest BCUT2D eigenvalue weighted by Gasteiger charge is -2.17. The fraction of sp³-hybridized carbons (Fsp3) is 0.0238. The summed E-state index contributed by atoms with van der Waals surface area (Å²) in [5.41, 5.74) is 9.53. The van der Waals surface area contributed by atoms with Gasteiger partial charge in [-0.3, -0.25) is 0 Å². The fourth-order valence-corrected chi connectivity index (χ4v) is 6.27. The van der Waals surface area contributed by atoms with Gasteiger partial charge in [0.1, 0.15) is 0 Å². The van der Waals surface area contributed by atoms with Gasteiger partial charge in [0, 0.05) is 21.9 Å². The van der Waals surface area contributed by atoms with Crippen LogP contribution in [0.5, 0.6) is 0 Å². The molecule has 0 N–H and O–H groups in total. The van der Waals surface area contributed by atoms with Gasteiger partial charge in [-0.1, -0.05) is 140 Å². The molecule has 0 unspecified atom stereocenters. The zero-order valence-electron chi connectivity index (χ0n) is 25.4. The smallest absolute Gasteiger partial charge is 0.166 e. The maximum absolute atomic E-state index is 5.16. The molecule has 0 aliphatic rings. The van der Waals surface area contributed by atoms with Crippen LogP contribution in [-0.4, -0.2) is 19.5 Å². The van der Waals surface area contributed by atoms with Crippen molar-refractivity contribution >= 4 is 27.9 Å². The van der Waals surface area contributed by atoms with Crippen LogP contribution in [0.3, 0.4) is 0 Å². The molecule has 0 radical (unpaired) electrons. The van der Waals surface area contributed by atoms with Gasteiger partial charge in [0.05, 0.1) is 22.3 Å². The molecule has 0 aliphatic heterocycles. The molecule has 0 spiro atoms. The second-order valence-corrected chi connectivity index (χ2v) is 11.2. The van der Waals surface area contributed by atoms with E-state index in [1.165, 1.54) is 21.9 Å². The summed E-state index contributed by atoms with van der Waals surface area (Å²) in [7, 11) is 0. The van der Waals surface area contributed by atoms with E-state index in [1.54, 1.807) is 0 Å². The molecule has 4 nitrogen and oxygen atoms in total. The van der Waals surface area contributed by atoms with Gasteiger partial charge in [-0.05, 0) is 47.9 Å². The maximum Gasteiger partial charge on any atom is 0.166 e. The predicted molar refractivity (Wildman–Crippen MR) is 191 cm³/mol. The number of fused-ring (bicyclic) bond motifs is 3. The third kappa shape index (κ3) is 4.86. The second kappa shape index (κ2) is 11.8. The van der Waals surface area contributed by atoms with Crippen LogP contribution in [0.15, 0.2) is 158 Å². The van der Waals surface area contributed by atoms with Gasteiger partial charge in [-0.25, -0.2) is 15.0 Å². The fourth-order valence-electron chi connectivity index (χ4n) is 6.27. The van der Waals surface area contributed by atoms with Gasteiger partial charge in [-0.15, -0.1) is 0 Å². The summed E-state index contributed by atoms with van der Waals surface area (Å²) in [5, 5.41) is 2.40. The van der Waals surface area contributed by atoms with Crippen molar-refractivity contribution < 1.29 is 0 Å². The molecule has 0 atom stereocenters. The van der Waals surface area contributed by atoms with Crippen LogP contribution < -0.4 is 0 Å². The lowest BCUT2D eigenvalue weighted by Crippen LogP contribution is -2.05. The summed E-state index contributed by atoms with van der Waals surface area (Å²) >= 11 is 0. The van der Waals surface area contributed by atoms with Gasteiger partial charge < -0.3 is 4.57 Å². The third-order valence-electron chi connectivity index (χ3n) is 8.36. The molecule has 6 aromatic carbocycles. The first kappa shape index (κ1) is 27.4. The number of aromatic nitrogens is 4. The van der Waals surface area contributed by atoms with Gasteiger partial charge in [0.25, 0.3) is 0 Å². The Morgan fingerprint density at radius 3 is 1.67 bits per heavy atom. The van der Waals surface area contributed by atoms with E-state index in [0.29, 0.717) is 17.5 Å². The van der Waals surface area contributed by atoms with E-state index >= 15 is 0 Å². The van der Waals surface area contributed by atoms with E-state index in [2.05, 4.69) is 108 Å². The molecule has 0 saturated heterocycles. The molecule has 0 amide bonds. The SMILES string of the molecule is C/C=C/c1cccc(-n2c3ccccc3c3cc(-c4ccccc4)ccc32)c1-c1nc(-c2ccccc2)nc(-c2ccccc2)n1. The Bertz CT molecular complexity index is 2300. The number of nitrogens with zero attached hydrogens (tertiary/aromatic N) is 4. The van der Waals surface area contributed by atoms with E-state index in [1.807, 2.05) is 67.6 Å². The highest BCUT2D eigenvalue weighted by atomic mass is 15.1. The summed E-state index contributed by atoms with van der Waals surface area (Å²) in [6.45, 7) is 2.04. The van der Waals surface area contributed by atoms with Crippen LogP contribution in [0, 0.1) is 0 Å². The van der Waals surface area contributed by atoms with Crippen molar-refractivity contribution in [1.29, 1.82) is 0 Å². The van der Waals surface area contributed by atoms with E-state index in [4.69, 9.17) is 15.0 Å². The Morgan fingerprint density at radius 2 is 1.02 bits per heavy atom. The zero-order valence-corrected chi connectivity index (χ0v) is 25.4. The number of para-hydroxylation sites is 1. The number of rotatable bonds is 6. The highest BCUT2D eigenvalue weighted by Crippen LogP contribution is 2.39. The van der Waals surface area contributed by atoms with Crippen LogP contribution in [0.1, 0.15) is 12.5 Å². The van der Waals surface area contributed by atoms with Gasteiger partial charge >= 0.3 is 0 Å². The number of hydrogen-bond donors (Lipinski definition) is 0. The minimum absolute atomic E-state index is 0.628. The third-order valence-corrected chi connectivity index (χ3v) is 8.36. The summed E-state index contributed by atoms with van der Waals surface area (Å²) in [4.78, 5) is 15.3. The minimum atomic E-state index is 0.628. The van der Waals surface area contributed by atoms with Crippen molar-refractivity contribution in [3.8, 4) is 51.0 Å². The van der Waals surface area contributed by atoms with Crippen molar-refractivity contribution in [2.75, 3.05) is 0 Å². The maximum atomic E-state index is 5.16. The van der Waals surface area contributed by atoms with Crippen molar-refractivity contribution in [2.45, 2.75) is 6.92 Å². The molecular formula is C42H30N4. The van der Waals surface area contributed by atoms with E-state index in [-0.39, 0.29) is 0 Å². The molecule has 8 rings (SSSR count). The van der Waals surface area contributed by atoms with Crippen molar-refractivity contribution in [2.24, 2.45) is 0 Å². The first-order valence-electron chi connectivity index (χ1n) is 15.5. The summed E-state index contributed by atoms with van der Waals surface area (Å²) in [5.74, 6) is 1.91. The van der Waals surface area contributed by atoms with Crippen LogP contribution in [0.25, 0.3) is 78.9 Å². The molecular weight excluding hydrogens is 560 g/mol. The topological polar surface area (TPSA) is 43.6 Å². The first-order valence-corrected chi connectivity index (χ1v) is 15.5. The van der Waals surface area contributed by atoms with E-state index < -0.39 is 0 Å². The zero-order chi connectivity index (χ0) is 30.9. The molecule has 0 aliphatic carbocycles. The first-order chi connectivity index (χ1) is 22.8. The Hall–Kier alpha value is -6.13. The second-order valence-electron chi connectivity index (χ2n) is 11.2. The van der Waals surface area contributed by atoms with Crippen LogP contribution in [-0.2, 0) is 0 Å². The number of allylic oxidation sites excluding steroid dienone is 1. The molecule has 218 valence electrons. The average molecular weight is 591 g/mol. The predicted octanol–water partition coefficient (Wildman–Crippen LogP) is 10.7. The Morgan fingerprint density at radius 1 is 0.457 bits per heavy atom. The lowest BCUT2D eigenvalue weighted by molar-refractivity contribution is 1.06. The van der Waals surface area contributed by atoms with Crippen molar-refractivity contribution in [3.63, 3.8) is 0 Å². The van der Waals surface area contributed by atoms with Crippen molar-refractivity contribution in [3.05, 3.63) is 163 Å². The number of hydrogen-bond acceptors (Lipinski definition) is 3. The molecule has 0 bridgehead atoms. The lowest BCUT2D eigenvalue weighted by atomic mass is 10.0. The highest BCUT2D eigenvalue weighted by Gasteiger charge is 2.21. The molecule has 4 heteroatoms. The highest BCUT2D eigenvalue weighted by molar-refractivity contribution is 6.11. The monoisotopic (exact) mass is 590 g/mol. The molecule has 2 heterocycles. The molecule has 2 aromatic heterocycles. The average Bonchev–Trinajstić information content (AvgIpc) is 3.46. The van der Waals surface area contributed by atoms with E-state index in [0.717, 1.165) is 39.0 Å². The molecule has 0 saturated carbocycles. The Labute approximate surface area is 268 Å². The van der Waals surface area contributed by atoms with Gasteiger partial charge in [-0.2, -0.15) is 0 Å². The Kier molecular flexibility index (Phi) is 7.01. The van der Waals surface area contributed by atoms with Crippen molar-refractivity contribution in [1.82, 2.24) is 19.5 Å². The molecule has 46 heavy (non-hydrogen) atoms. The molecule has 0 fully saturated rings. The summed E-state index contributed by atoms with van der Waals surface area (Å²) in [6, 6.07) is 52.6. The number of benzene rings is 6. The normalized spacial score (nSPS) is 11.5. The summed E-state index contributed by atoms with van der Waals surface area (Å²) < 4.78 is 2.36. The van der Waals surface area contributed by atoms with Gasteiger partial charge in [0.15, 0.2) is 17.5 Å².